The number of benzene rings is 2. The van der Waals surface area contributed by atoms with Crippen LogP contribution in [0.5, 0.6) is 0 Å². The minimum Gasteiger partial charge on any atom is -0.332 e. The number of carbonyl (C=O) groups excluding carboxylic acids is 1. The largest absolute Gasteiger partial charge is 0.332 e. The first-order valence-corrected chi connectivity index (χ1v) is 11.7. The molecule has 5 heteroatoms. The summed E-state index contributed by atoms with van der Waals surface area (Å²) in [5.74, 6) is 1.14. The standard InChI is InChI=1S/C26H30ClN3O/c27-24-14-8-7-11-22(24)19-29-18-17-28-25(29)20-30(23-12-5-2-6-13-23)26(31)16-15-21-9-3-1-4-10-21/h1,3-4,7-11,14,17-18,23H,2,5-6,12-13,15-16,19-20H2. The second-order valence-electron chi connectivity index (χ2n) is 8.36. The molecule has 1 amide bonds. The molecule has 4 rings (SSSR count). The highest BCUT2D eigenvalue weighted by Gasteiger charge is 2.26. The van der Waals surface area contributed by atoms with Gasteiger partial charge < -0.3 is 9.47 Å². The van der Waals surface area contributed by atoms with E-state index in [4.69, 9.17) is 11.6 Å². The van der Waals surface area contributed by atoms with Crippen LogP contribution in [-0.4, -0.2) is 26.4 Å². The molecule has 2 aromatic carbocycles. The summed E-state index contributed by atoms with van der Waals surface area (Å²) in [6.45, 7) is 1.21. The predicted molar refractivity (Wildman–Crippen MR) is 125 cm³/mol. The number of imidazole rings is 1. The minimum atomic E-state index is 0.225. The highest BCUT2D eigenvalue weighted by Crippen LogP contribution is 2.25. The van der Waals surface area contributed by atoms with Gasteiger partial charge in [-0.2, -0.15) is 0 Å². The van der Waals surface area contributed by atoms with Crippen LogP contribution in [0.4, 0.5) is 0 Å². The average molecular weight is 436 g/mol. The Bertz CT molecular complexity index is 979. The molecule has 0 aliphatic heterocycles. The van der Waals surface area contributed by atoms with E-state index in [2.05, 4.69) is 26.6 Å². The molecule has 1 aromatic heterocycles. The van der Waals surface area contributed by atoms with Crippen molar-refractivity contribution in [3.63, 3.8) is 0 Å². The van der Waals surface area contributed by atoms with Crippen LogP contribution >= 0.6 is 11.6 Å². The molecule has 1 fully saturated rings. The lowest BCUT2D eigenvalue weighted by Crippen LogP contribution is -2.41. The zero-order valence-corrected chi connectivity index (χ0v) is 18.7. The topological polar surface area (TPSA) is 38.1 Å². The molecule has 3 aromatic rings. The van der Waals surface area contributed by atoms with E-state index in [9.17, 15) is 4.79 Å². The summed E-state index contributed by atoms with van der Waals surface area (Å²) in [5.41, 5.74) is 2.27. The Hall–Kier alpha value is -2.59. The first-order chi connectivity index (χ1) is 15.2. The van der Waals surface area contributed by atoms with Crippen molar-refractivity contribution in [3.05, 3.63) is 89.0 Å². The van der Waals surface area contributed by atoms with Crippen LogP contribution < -0.4 is 0 Å². The molecule has 4 nitrogen and oxygen atoms in total. The van der Waals surface area contributed by atoms with Gasteiger partial charge in [0.05, 0.1) is 13.1 Å². The Balaban J connectivity index is 1.49. The van der Waals surface area contributed by atoms with Gasteiger partial charge in [0.15, 0.2) is 0 Å². The fourth-order valence-corrected chi connectivity index (χ4v) is 4.65. The number of nitrogens with zero attached hydrogens (tertiary/aromatic N) is 3. The normalized spacial score (nSPS) is 14.5. The zero-order chi connectivity index (χ0) is 21.5. The van der Waals surface area contributed by atoms with E-state index in [1.165, 1.54) is 24.8 Å². The van der Waals surface area contributed by atoms with Crippen molar-refractivity contribution >= 4 is 17.5 Å². The fraction of sp³-hybridized carbons (Fsp3) is 0.385. The number of aromatic nitrogens is 2. The van der Waals surface area contributed by atoms with E-state index >= 15 is 0 Å². The molecule has 0 unspecified atom stereocenters. The maximum Gasteiger partial charge on any atom is 0.223 e. The summed E-state index contributed by atoms with van der Waals surface area (Å²) in [4.78, 5) is 20.0. The molecule has 1 heterocycles. The first kappa shape index (κ1) is 21.6. The zero-order valence-electron chi connectivity index (χ0n) is 17.9. The van der Waals surface area contributed by atoms with Gasteiger partial charge in [-0.25, -0.2) is 4.98 Å². The van der Waals surface area contributed by atoms with E-state index in [1.54, 1.807) is 0 Å². The second kappa shape index (κ2) is 10.6. The SMILES string of the molecule is O=C(CCc1ccccc1)N(Cc1nccn1Cc1ccccc1Cl)C1CCCCC1. The Morgan fingerprint density at radius 1 is 1.03 bits per heavy atom. The van der Waals surface area contributed by atoms with Crippen molar-refractivity contribution in [2.45, 2.75) is 64.1 Å². The molecule has 31 heavy (non-hydrogen) atoms. The molecule has 0 atom stereocenters. The maximum atomic E-state index is 13.3. The predicted octanol–water partition coefficient (Wildman–Crippen LogP) is 5.88. The first-order valence-electron chi connectivity index (χ1n) is 11.3. The molecule has 1 saturated carbocycles. The van der Waals surface area contributed by atoms with E-state index in [0.717, 1.165) is 35.7 Å². The lowest BCUT2D eigenvalue weighted by Gasteiger charge is -2.34. The van der Waals surface area contributed by atoms with Crippen LogP contribution in [0.25, 0.3) is 0 Å². The maximum absolute atomic E-state index is 13.3. The highest BCUT2D eigenvalue weighted by molar-refractivity contribution is 6.31. The van der Waals surface area contributed by atoms with Gasteiger partial charge in [0, 0.05) is 29.9 Å². The van der Waals surface area contributed by atoms with Gasteiger partial charge in [-0.15, -0.1) is 0 Å². The number of rotatable bonds is 8. The molecular formula is C26H30ClN3O. The van der Waals surface area contributed by atoms with Gasteiger partial charge in [-0.3, -0.25) is 4.79 Å². The third-order valence-electron chi connectivity index (χ3n) is 6.22. The van der Waals surface area contributed by atoms with E-state index in [1.807, 2.05) is 54.9 Å². The van der Waals surface area contributed by atoms with Gasteiger partial charge >= 0.3 is 0 Å². The third kappa shape index (κ3) is 5.76. The molecule has 0 N–H and O–H groups in total. The molecule has 0 saturated heterocycles. The van der Waals surface area contributed by atoms with Crippen molar-refractivity contribution < 1.29 is 4.79 Å². The number of aryl methyl sites for hydroxylation is 1. The Labute approximate surface area is 189 Å². The molecule has 162 valence electrons. The van der Waals surface area contributed by atoms with Crippen molar-refractivity contribution in [2.24, 2.45) is 0 Å². The Morgan fingerprint density at radius 2 is 1.77 bits per heavy atom. The summed E-state index contributed by atoms with van der Waals surface area (Å²) in [6.07, 6.45) is 10.9. The summed E-state index contributed by atoms with van der Waals surface area (Å²) in [7, 11) is 0. The lowest BCUT2D eigenvalue weighted by molar-refractivity contribution is -0.135. The quantitative estimate of drug-likeness (QED) is 0.443. The van der Waals surface area contributed by atoms with Crippen molar-refractivity contribution in [1.82, 2.24) is 14.5 Å². The van der Waals surface area contributed by atoms with Crippen LogP contribution in [0.2, 0.25) is 5.02 Å². The smallest absolute Gasteiger partial charge is 0.223 e. The van der Waals surface area contributed by atoms with Crippen LogP contribution in [0, 0.1) is 0 Å². The summed E-state index contributed by atoms with van der Waals surface area (Å²) >= 11 is 6.37. The van der Waals surface area contributed by atoms with Gasteiger partial charge in [0.1, 0.15) is 5.82 Å². The fourth-order valence-electron chi connectivity index (χ4n) is 4.45. The summed E-state index contributed by atoms with van der Waals surface area (Å²) in [6, 6.07) is 18.5. The number of halogens is 1. The molecular weight excluding hydrogens is 406 g/mol. The van der Waals surface area contributed by atoms with Crippen LogP contribution in [0.15, 0.2) is 67.0 Å². The van der Waals surface area contributed by atoms with Crippen LogP contribution in [0.3, 0.4) is 0 Å². The molecule has 0 radical (unpaired) electrons. The molecule has 1 aliphatic rings. The van der Waals surface area contributed by atoms with Gasteiger partial charge in [-0.05, 0) is 36.5 Å². The van der Waals surface area contributed by atoms with Gasteiger partial charge in [0.2, 0.25) is 5.91 Å². The van der Waals surface area contributed by atoms with Crippen molar-refractivity contribution in [1.29, 1.82) is 0 Å². The highest BCUT2D eigenvalue weighted by atomic mass is 35.5. The number of amides is 1. The molecule has 0 spiro atoms. The van der Waals surface area contributed by atoms with Crippen molar-refractivity contribution in [2.75, 3.05) is 0 Å². The summed E-state index contributed by atoms with van der Waals surface area (Å²) in [5, 5.41) is 0.755. The van der Waals surface area contributed by atoms with E-state index in [-0.39, 0.29) is 5.91 Å². The van der Waals surface area contributed by atoms with E-state index in [0.29, 0.717) is 25.6 Å². The van der Waals surface area contributed by atoms with Crippen LogP contribution in [0.1, 0.15) is 55.5 Å². The average Bonchev–Trinajstić information content (AvgIpc) is 3.25. The van der Waals surface area contributed by atoms with E-state index < -0.39 is 0 Å². The number of hydrogen-bond donors (Lipinski definition) is 0. The molecule has 1 aliphatic carbocycles. The second-order valence-corrected chi connectivity index (χ2v) is 8.77. The van der Waals surface area contributed by atoms with Crippen LogP contribution in [-0.2, 0) is 24.3 Å². The van der Waals surface area contributed by atoms with Crippen molar-refractivity contribution in [3.8, 4) is 0 Å². The Kier molecular flexibility index (Phi) is 7.42. The van der Waals surface area contributed by atoms with Gasteiger partial charge in [0.25, 0.3) is 0 Å². The molecule has 0 bridgehead atoms. The monoisotopic (exact) mass is 435 g/mol. The summed E-state index contributed by atoms with van der Waals surface area (Å²) < 4.78 is 2.11. The third-order valence-corrected chi connectivity index (χ3v) is 6.59. The number of hydrogen-bond acceptors (Lipinski definition) is 2. The Morgan fingerprint density at radius 3 is 2.55 bits per heavy atom. The lowest BCUT2D eigenvalue weighted by atomic mass is 9.93. The minimum absolute atomic E-state index is 0.225. The van der Waals surface area contributed by atoms with Gasteiger partial charge in [-0.1, -0.05) is 79.4 Å². The number of carbonyl (C=O) groups is 1.